The Bertz CT molecular complexity index is 768. The zero-order chi connectivity index (χ0) is 20.5. The third kappa shape index (κ3) is 5.93. The van der Waals surface area contributed by atoms with Crippen molar-refractivity contribution in [2.24, 2.45) is 0 Å². The first kappa shape index (κ1) is 22.2. The molecule has 1 atom stereocenters. The normalized spacial score (nSPS) is 21.0. The van der Waals surface area contributed by atoms with Crippen molar-refractivity contribution >= 4 is 5.97 Å². The number of fused-ring (bicyclic) bond motifs is 1. The molecule has 0 N–H and O–H groups in total. The molecule has 0 bridgehead atoms. The average Bonchev–Trinajstić information content (AvgIpc) is 2.68. The van der Waals surface area contributed by atoms with Crippen LogP contribution in [-0.2, 0) is 20.7 Å². The molecule has 1 aromatic carbocycles. The van der Waals surface area contributed by atoms with E-state index in [9.17, 15) is 4.79 Å². The summed E-state index contributed by atoms with van der Waals surface area (Å²) in [7, 11) is 0. The summed E-state index contributed by atoms with van der Waals surface area (Å²) in [6.45, 7) is 11.1. The van der Waals surface area contributed by atoms with Crippen LogP contribution >= 0.6 is 0 Å². The first-order valence-electron chi connectivity index (χ1n) is 10.4. The first-order chi connectivity index (χ1) is 13.5. The van der Waals surface area contributed by atoms with Gasteiger partial charge < -0.3 is 9.47 Å². The Hall–Kier alpha value is -2.13. The van der Waals surface area contributed by atoms with E-state index in [1.165, 1.54) is 27.8 Å². The van der Waals surface area contributed by atoms with Gasteiger partial charge in [0.25, 0.3) is 0 Å². The largest absolute Gasteiger partial charge is 0.463 e. The molecule has 152 valence electrons. The quantitative estimate of drug-likeness (QED) is 0.241. The summed E-state index contributed by atoms with van der Waals surface area (Å²) in [5.41, 5.74) is 7.30. The van der Waals surface area contributed by atoms with Gasteiger partial charge in [0, 0.05) is 12.2 Å². The van der Waals surface area contributed by atoms with Gasteiger partial charge in [-0.25, -0.2) is 4.79 Å². The van der Waals surface area contributed by atoms with Gasteiger partial charge in [0.05, 0.1) is 6.61 Å². The average molecular weight is 383 g/mol. The number of esters is 1. The molecule has 0 aromatic heterocycles. The van der Waals surface area contributed by atoms with Crippen molar-refractivity contribution in [3.8, 4) is 0 Å². The van der Waals surface area contributed by atoms with Gasteiger partial charge in [-0.1, -0.05) is 47.6 Å². The van der Waals surface area contributed by atoms with Crippen molar-refractivity contribution in [2.45, 2.75) is 66.4 Å². The molecule has 0 heterocycles. The lowest BCUT2D eigenvalue weighted by Crippen LogP contribution is -2.14. The summed E-state index contributed by atoms with van der Waals surface area (Å²) >= 11 is 0. The second kappa shape index (κ2) is 11.0. The maximum Gasteiger partial charge on any atom is 0.333 e. The van der Waals surface area contributed by atoms with Crippen LogP contribution < -0.4 is 0 Å². The van der Waals surface area contributed by atoms with Gasteiger partial charge in [0.1, 0.15) is 6.10 Å². The van der Waals surface area contributed by atoms with Gasteiger partial charge in [-0.3, -0.25) is 0 Å². The fraction of sp³-hybridized carbons (Fsp3) is 0.480. The number of allylic oxidation sites excluding steroid dienone is 4. The van der Waals surface area contributed by atoms with Crippen molar-refractivity contribution in [3.05, 3.63) is 69.8 Å². The fourth-order valence-electron chi connectivity index (χ4n) is 3.67. The van der Waals surface area contributed by atoms with Crippen molar-refractivity contribution in [3.63, 3.8) is 0 Å². The Morgan fingerprint density at radius 3 is 2.57 bits per heavy atom. The van der Waals surface area contributed by atoms with Crippen LogP contribution in [0.3, 0.4) is 0 Å². The number of hydrogen-bond donors (Lipinski definition) is 0. The lowest BCUT2D eigenvalue weighted by Gasteiger charge is -2.28. The Balaban J connectivity index is 2.32. The highest BCUT2D eigenvalue weighted by Crippen LogP contribution is 2.37. The Labute approximate surface area is 170 Å². The zero-order valence-electron chi connectivity index (χ0n) is 18.0. The molecule has 1 aromatic rings. The molecule has 0 saturated carbocycles. The van der Waals surface area contributed by atoms with Crippen LogP contribution in [0.5, 0.6) is 0 Å². The maximum atomic E-state index is 11.8. The molecule has 0 spiro atoms. The van der Waals surface area contributed by atoms with Crippen LogP contribution in [0.15, 0.2) is 58.7 Å². The topological polar surface area (TPSA) is 35.5 Å². The second-order valence-corrected chi connectivity index (χ2v) is 7.45. The van der Waals surface area contributed by atoms with Gasteiger partial charge in [0.15, 0.2) is 0 Å². The minimum atomic E-state index is -0.256. The first-order valence-corrected chi connectivity index (χ1v) is 10.4. The zero-order valence-corrected chi connectivity index (χ0v) is 18.0. The number of rotatable bonds is 7. The summed E-state index contributed by atoms with van der Waals surface area (Å²) in [4.78, 5) is 11.8. The summed E-state index contributed by atoms with van der Waals surface area (Å²) in [6, 6.07) is 8.66. The standard InChI is InChI=1S/C25H34O3/c1-6-27-24-22-14-9-8-12-21(22)13-10-11-19(4)23(24)17-18(3)15-16-20(5)25(26)28-7-2/h8-9,12,14-16,24H,6-7,10-11,13,17H2,1-5H3/b18-15+,20-16+,23-19-. The molecule has 0 aliphatic heterocycles. The SMILES string of the molecule is CCOC(=O)/C(C)=C/C=C(\C)C/C1=C(\C)CCCc2ccccc2C1OCC. The van der Waals surface area contributed by atoms with Crippen LogP contribution in [0.25, 0.3) is 0 Å². The predicted octanol–water partition coefficient (Wildman–Crippen LogP) is 6.26. The molecule has 2 rings (SSSR count). The highest BCUT2D eigenvalue weighted by Gasteiger charge is 2.23. The summed E-state index contributed by atoms with van der Waals surface area (Å²) in [5, 5.41) is 0. The van der Waals surface area contributed by atoms with Gasteiger partial charge in [-0.05, 0) is 77.0 Å². The van der Waals surface area contributed by atoms with E-state index in [1.54, 1.807) is 6.92 Å². The van der Waals surface area contributed by atoms with Gasteiger partial charge in [-0.15, -0.1) is 0 Å². The molecule has 0 saturated heterocycles. The molecular weight excluding hydrogens is 348 g/mol. The van der Waals surface area contributed by atoms with E-state index in [-0.39, 0.29) is 12.1 Å². The van der Waals surface area contributed by atoms with E-state index in [4.69, 9.17) is 9.47 Å². The van der Waals surface area contributed by atoms with E-state index in [1.807, 2.05) is 19.1 Å². The Morgan fingerprint density at radius 2 is 1.86 bits per heavy atom. The van der Waals surface area contributed by atoms with E-state index >= 15 is 0 Å². The number of ether oxygens (including phenoxy) is 2. The molecule has 1 aliphatic carbocycles. The minimum Gasteiger partial charge on any atom is -0.463 e. The number of carbonyl (C=O) groups excluding carboxylic acids is 1. The molecule has 3 nitrogen and oxygen atoms in total. The molecule has 0 amide bonds. The van der Waals surface area contributed by atoms with Crippen LogP contribution in [0.4, 0.5) is 0 Å². The molecule has 0 fully saturated rings. The Kier molecular flexibility index (Phi) is 8.72. The molecular formula is C25H34O3. The third-order valence-corrected chi connectivity index (χ3v) is 5.22. The third-order valence-electron chi connectivity index (χ3n) is 5.22. The second-order valence-electron chi connectivity index (χ2n) is 7.45. The van der Waals surface area contributed by atoms with Gasteiger partial charge in [0.2, 0.25) is 0 Å². The smallest absolute Gasteiger partial charge is 0.333 e. The van der Waals surface area contributed by atoms with Crippen LogP contribution in [0.1, 0.15) is 71.1 Å². The maximum absolute atomic E-state index is 11.8. The van der Waals surface area contributed by atoms with Crippen LogP contribution in [-0.4, -0.2) is 19.2 Å². The highest BCUT2D eigenvalue weighted by atomic mass is 16.5. The number of hydrogen-bond acceptors (Lipinski definition) is 3. The number of benzene rings is 1. The summed E-state index contributed by atoms with van der Waals surface area (Å²) < 4.78 is 11.3. The van der Waals surface area contributed by atoms with E-state index in [2.05, 4.69) is 45.0 Å². The lowest BCUT2D eigenvalue weighted by atomic mass is 9.84. The van der Waals surface area contributed by atoms with Crippen LogP contribution in [0, 0.1) is 0 Å². The molecule has 0 radical (unpaired) electrons. The summed E-state index contributed by atoms with van der Waals surface area (Å²) in [6.07, 6.45) is 8.09. The summed E-state index contributed by atoms with van der Waals surface area (Å²) in [5.74, 6) is -0.256. The lowest BCUT2D eigenvalue weighted by molar-refractivity contribution is -0.138. The van der Waals surface area contributed by atoms with Gasteiger partial charge in [-0.2, -0.15) is 0 Å². The monoisotopic (exact) mass is 382 g/mol. The fourth-order valence-corrected chi connectivity index (χ4v) is 3.67. The Morgan fingerprint density at radius 1 is 1.11 bits per heavy atom. The van der Waals surface area contributed by atoms with Crippen molar-refractivity contribution in [1.82, 2.24) is 0 Å². The van der Waals surface area contributed by atoms with E-state index in [0.717, 1.165) is 25.7 Å². The molecule has 3 heteroatoms. The van der Waals surface area contributed by atoms with Crippen molar-refractivity contribution < 1.29 is 14.3 Å². The van der Waals surface area contributed by atoms with Crippen molar-refractivity contribution in [1.29, 1.82) is 0 Å². The van der Waals surface area contributed by atoms with Crippen LogP contribution in [0.2, 0.25) is 0 Å². The number of carbonyl (C=O) groups is 1. The molecule has 28 heavy (non-hydrogen) atoms. The number of aryl methyl sites for hydroxylation is 1. The highest BCUT2D eigenvalue weighted by molar-refractivity contribution is 5.88. The van der Waals surface area contributed by atoms with E-state index < -0.39 is 0 Å². The molecule has 1 unspecified atom stereocenters. The minimum absolute atomic E-state index is 0.0000156. The van der Waals surface area contributed by atoms with E-state index in [0.29, 0.717) is 18.8 Å². The molecule has 1 aliphatic rings. The van der Waals surface area contributed by atoms with Crippen molar-refractivity contribution in [2.75, 3.05) is 13.2 Å². The van der Waals surface area contributed by atoms with Gasteiger partial charge >= 0.3 is 5.97 Å². The predicted molar refractivity (Wildman–Crippen MR) is 115 cm³/mol.